The van der Waals surface area contributed by atoms with Gasteiger partial charge in [0.25, 0.3) is 0 Å². The van der Waals surface area contributed by atoms with Gasteiger partial charge in [0.1, 0.15) is 0 Å². The van der Waals surface area contributed by atoms with Crippen molar-refractivity contribution in [1.29, 1.82) is 0 Å². The van der Waals surface area contributed by atoms with Gasteiger partial charge in [-0.05, 0) is 31.4 Å². The molecule has 0 bridgehead atoms. The lowest BCUT2D eigenvalue weighted by molar-refractivity contribution is -0.186. The third-order valence-electron chi connectivity index (χ3n) is 4.10. The number of hydrogen-bond acceptors (Lipinski definition) is 4. The Hall–Kier alpha value is -1.25. The maximum absolute atomic E-state index is 12.8. The molecule has 0 saturated heterocycles. The fourth-order valence-electron chi connectivity index (χ4n) is 2.91. The molecule has 1 heterocycles. The van der Waals surface area contributed by atoms with E-state index in [0.717, 1.165) is 4.57 Å². The number of aromatic nitrogens is 3. The Balaban J connectivity index is 2.23. The van der Waals surface area contributed by atoms with Gasteiger partial charge in [0.2, 0.25) is 0 Å². The van der Waals surface area contributed by atoms with Crippen molar-refractivity contribution in [3.05, 3.63) is 21.0 Å². The van der Waals surface area contributed by atoms with E-state index in [1.54, 1.807) is 6.26 Å². The standard InChI is InChI=1S/C13H18F3N3O2S/c1-18-11(22-2)17-10(20)19(12(18)21)7-8-4-3-5-9(6-8)13(14,15)16/h8-9H,3-7H2,1-2H3/t8-,9+/m0/s1. The molecule has 1 fully saturated rings. The molecular weight excluding hydrogens is 319 g/mol. The van der Waals surface area contributed by atoms with Crippen molar-refractivity contribution in [2.75, 3.05) is 6.26 Å². The van der Waals surface area contributed by atoms with Crippen LogP contribution in [0.3, 0.4) is 0 Å². The summed E-state index contributed by atoms with van der Waals surface area (Å²) in [7, 11) is 1.50. The van der Waals surface area contributed by atoms with Crippen LogP contribution < -0.4 is 11.4 Å². The molecule has 22 heavy (non-hydrogen) atoms. The Bertz CT molecular complexity index is 653. The van der Waals surface area contributed by atoms with Crippen LogP contribution in [-0.2, 0) is 13.6 Å². The summed E-state index contributed by atoms with van der Waals surface area (Å²) in [5, 5.41) is 0.295. The minimum atomic E-state index is -4.21. The predicted molar refractivity (Wildman–Crippen MR) is 77.0 cm³/mol. The van der Waals surface area contributed by atoms with Gasteiger partial charge >= 0.3 is 17.6 Å². The monoisotopic (exact) mass is 337 g/mol. The Labute approximate surface area is 129 Å². The van der Waals surface area contributed by atoms with Gasteiger partial charge < -0.3 is 0 Å². The van der Waals surface area contributed by atoms with E-state index >= 15 is 0 Å². The first kappa shape index (κ1) is 17.1. The molecule has 0 spiro atoms. The largest absolute Gasteiger partial charge is 0.391 e. The second-order valence-corrected chi connectivity index (χ2v) is 6.38. The van der Waals surface area contributed by atoms with Crippen LogP contribution in [-0.4, -0.2) is 26.6 Å². The number of alkyl halides is 3. The summed E-state index contributed by atoms with van der Waals surface area (Å²) in [5.41, 5.74) is -1.22. The number of hydrogen-bond donors (Lipinski definition) is 0. The molecule has 0 radical (unpaired) electrons. The highest BCUT2D eigenvalue weighted by Gasteiger charge is 2.42. The van der Waals surface area contributed by atoms with Crippen molar-refractivity contribution in [3.63, 3.8) is 0 Å². The minimum Gasteiger partial charge on any atom is -0.275 e. The van der Waals surface area contributed by atoms with E-state index in [4.69, 9.17) is 0 Å². The Kier molecular flexibility index (Phi) is 5.03. The summed E-state index contributed by atoms with van der Waals surface area (Å²) in [4.78, 5) is 27.9. The van der Waals surface area contributed by atoms with Crippen LogP contribution in [0.1, 0.15) is 25.7 Å². The summed E-state index contributed by atoms with van der Waals surface area (Å²) in [6.07, 6.45) is -1.39. The first-order valence-electron chi connectivity index (χ1n) is 7.02. The van der Waals surface area contributed by atoms with Crippen LogP contribution in [0.25, 0.3) is 0 Å². The lowest BCUT2D eigenvalue weighted by Gasteiger charge is -2.30. The van der Waals surface area contributed by atoms with Gasteiger partial charge in [0.15, 0.2) is 5.16 Å². The normalized spacial score (nSPS) is 22.8. The van der Waals surface area contributed by atoms with Gasteiger partial charge in [-0.3, -0.25) is 4.57 Å². The fraction of sp³-hybridized carbons (Fsp3) is 0.769. The lowest BCUT2D eigenvalue weighted by Crippen LogP contribution is -2.43. The Morgan fingerprint density at radius 2 is 2.00 bits per heavy atom. The second-order valence-electron chi connectivity index (χ2n) is 5.60. The first-order chi connectivity index (χ1) is 10.2. The SMILES string of the molecule is CSc1nc(=O)n(C[C@H]2CCC[C@@H](C(F)(F)F)C2)c(=O)n1C. The average Bonchev–Trinajstić information content (AvgIpc) is 2.47. The molecule has 1 aromatic heterocycles. The molecular formula is C13H18F3N3O2S. The highest BCUT2D eigenvalue weighted by Crippen LogP contribution is 2.40. The van der Waals surface area contributed by atoms with E-state index < -0.39 is 23.5 Å². The molecule has 2 rings (SSSR count). The Morgan fingerprint density at radius 3 is 2.59 bits per heavy atom. The summed E-state index contributed by atoms with van der Waals surface area (Å²) >= 11 is 1.17. The predicted octanol–water partition coefficient (Wildman–Crippen LogP) is 2.03. The molecule has 0 aliphatic heterocycles. The third-order valence-corrected chi connectivity index (χ3v) is 4.83. The fourth-order valence-corrected chi connectivity index (χ4v) is 3.43. The van der Waals surface area contributed by atoms with Crippen LogP contribution in [0, 0.1) is 11.8 Å². The van der Waals surface area contributed by atoms with E-state index in [9.17, 15) is 22.8 Å². The van der Waals surface area contributed by atoms with Gasteiger partial charge in [0, 0.05) is 13.6 Å². The lowest BCUT2D eigenvalue weighted by atomic mass is 9.81. The molecule has 0 amide bonds. The highest BCUT2D eigenvalue weighted by molar-refractivity contribution is 7.98. The van der Waals surface area contributed by atoms with Gasteiger partial charge in [-0.15, -0.1) is 0 Å². The molecule has 0 aromatic carbocycles. The van der Waals surface area contributed by atoms with Crippen molar-refractivity contribution < 1.29 is 13.2 Å². The van der Waals surface area contributed by atoms with E-state index in [1.807, 2.05) is 0 Å². The minimum absolute atomic E-state index is 0.000250. The van der Waals surface area contributed by atoms with Crippen molar-refractivity contribution in [2.24, 2.45) is 18.9 Å². The van der Waals surface area contributed by atoms with Crippen LogP contribution in [0.5, 0.6) is 0 Å². The molecule has 124 valence electrons. The maximum Gasteiger partial charge on any atom is 0.391 e. The van der Waals surface area contributed by atoms with Crippen LogP contribution in [0.15, 0.2) is 14.7 Å². The van der Waals surface area contributed by atoms with E-state index in [-0.39, 0.29) is 25.3 Å². The van der Waals surface area contributed by atoms with Crippen LogP contribution in [0.2, 0.25) is 0 Å². The van der Waals surface area contributed by atoms with Crippen molar-refractivity contribution in [2.45, 2.75) is 43.6 Å². The topological polar surface area (TPSA) is 56.9 Å². The zero-order valence-electron chi connectivity index (χ0n) is 12.4. The number of rotatable bonds is 3. The molecule has 1 aliphatic rings. The molecule has 0 N–H and O–H groups in total. The van der Waals surface area contributed by atoms with E-state index in [0.29, 0.717) is 18.0 Å². The summed E-state index contributed by atoms with van der Waals surface area (Å²) in [5.74, 6) is -1.67. The average molecular weight is 337 g/mol. The van der Waals surface area contributed by atoms with E-state index in [1.165, 1.54) is 23.4 Å². The molecule has 1 aliphatic carbocycles. The number of halogens is 3. The first-order valence-corrected chi connectivity index (χ1v) is 8.25. The van der Waals surface area contributed by atoms with Crippen molar-refractivity contribution in [1.82, 2.24) is 14.1 Å². The summed E-state index contributed by atoms with van der Waals surface area (Å²) < 4.78 is 40.7. The van der Waals surface area contributed by atoms with Gasteiger partial charge in [-0.25, -0.2) is 14.2 Å². The van der Waals surface area contributed by atoms with Crippen LogP contribution in [0.4, 0.5) is 13.2 Å². The van der Waals surface area contributed by atoms with Gasteiger partial charge in [0.05, 0.1) is 5.92 Å². The molecule has 2 atom stereocenters. The molecule has 1 aromatic rings. The molecule has 5 nitrogen and oxygen atoms in total. The summed E-state index contributed by atoms with van der Waals surface area (Å²) in [6.45, 7) is -0.000250. The zero-order chi connectivity index (χ0) is 16.5. The van der Waals surface area contributed by atoms with Crippen molar-refractivity contribution in [3.8, 4) is 0 Å². The van der Waals surface area contributed by atoms with Gasteiger partial charge in [-0.1, -0.05) is 18.2 Å². The summed E-state index contributed by atoms with van der Waals surface area (Å²) in [6, 6.07) is 0. The number of thioether (sulfide) groups is 1. The van der Waals surface area contributed by atoms with Gasteiger partial charge in [-0.2, -0.15) is 18.2 Å². The quantitative estimate of drug-likeness (QED) is 0.792. The second kappa shape index (κ2) is 6.47. The van der Waals surface area contributed by atoms with Crippen molar-refractivity contribution >= 4 is 11.8 Å². The molecule has 9 heteroatoms. The molecule has 0 unspecified atom stereocenters. The highest BCUT2D eigenvalue weighted by atomic mass is 32.2. The number of nitrogens with zero attached hydrogens (tertiary/aromatic N) is 3. The third kappa shape index (κ3) is 3.56. The maximum atomic E-state index is 12.8. The smallest absolute Gasteiger partial charge is 0.275 e. The van der Waals surface area contributed by atoms with E-state index in [2.05, 4.69) is 4.98 Å². The zero-order valence-corrected chi connectivity index (χ0v) is 13.2. The molecule has 1 saturated carbocycles. The Morgan fingerprint density at radius 1 is 1.32 bits per heavy atom. The van der Waals surface area contributed by atoms with Crippen LogP contribution >= 0.6 is 11.8 Å².